The number of nitrogens with zero attached hydrogens (tertiary/aromatic N) is 3. The molecule has 27 heavy (non-hydrogen) atoms. The Morgan fingerprint density at radius 2 is 2.15 bits per heavy atom. The van der Waals surface area contributed by atoms with Crippen LogP contribution in [0.3, 0.4) is 0 Å². The number of aliphatic hydroxyl groups is 2. The predicted molar refractivity (Wildman–Crippen MR) is 95.4 cm³/mol. The van der Waals surface area contributed by atoms with E-state index in [-0.39, 0.29) is 11.9 Å². The van der Waals surface area contributed by atoms with Gasteiger partial charge in [-0.05, 0) is 24.6 Å². The fourth-order valence-electron chi connectivity index (χ4n) is 2.81. The maximum absolute atomic E-state index is 11.1. The van der Waals surface area contributed by atoms with E-state index in [1.54, 1.807) is 12.3 Å². The smallest absolute Gasteiger partial charge is 0.352 e. The molecule has 0 aromatic carbocycles. The van der Waals surface area contributed by atoms with Gasteiger partial charge < -0.3 is 29.7 Å². The minimum atomic E-state index is -3.84. The summed E-state index contributed by atoms with van der Waals surface area (Å²) in [6, 6.07) is 1.73. The van der Waals surface area contributed by atoms with Crippen molar-refractivity contribution < 1.29 is 34.0 Å². The van der Waals surface area contributed by atoms with E-state index in [9.17, 15) is 14.8 Å². The maximum Gasteiger partial charge on any atom is 0.352 e. The second-order valence-corrected chi connectivity index (χ2v) is 8.13. The second kappa shape index (κ2) is 7.98. The molecule has 2 aromatic heterocycles. The molecule has 0 radical (unpaired) electrons. The molecule has 0 amide bonds. The van der Waals surface area contributed by atoms with E-state index in [4.69, 9.17) is 21.2 Å². The van der Waals surface area contributed by atoms with Crippen molar-refractivity contribution in [1.82, 2.24) is 14.5 Å². The molecule has 1 unspecified atom stereocenters. The summed E-state index contributed by atoms with van der Waals surface area (Å²) >= 11 is 5.99. The fourth-order valence-corrected chi connectivity index (χ4v) is 3.23. The van der Waals surface area contributed by atoms with Crippen LogP contribution in [0, 0.1) is 0 Å². The SMILES string of the molecule is CCNc1nc(Cl)nc2c1ccn2[C@@H]1O[C@H](COOP(C)(=O)O)[C@@H](O)[C@H]1O. The third kappa shape index (κ3) is 4.41. The summed E-state index contributed by atoms with van der Waals surface area (Å²) in [6.07, 6.45) is -2.94. The summed E-state index contributed by atoms with van der Waals surface area (Å²) in [5.74, 6) is 0.536. The molecule has 13 heteroatoms. The normalized spacial score (nSPS) is 27.8. The molecule has 1 aliphatic heterocycles. The summed E-state index contributed by atoms with van der Waals surface area (Å²) in [6.45, 7) is 3.13. The molecule has 0 bridgehead atoms. The number of hydrogen-bond acceptors (Lipinski definition) is 9. The molecule has 11 nitrogen and oxygen atoms in total. The van der Waals surface area contributed by atoms with Gasteiger partial charge in [0.25, 0.3) is 0 Å². The van der Waals surface area contributed by atoms with Crippen LogP contribution in [-0.2, 0) is 18.9 Å². The highest BCUT2D eigenvalue weighted by Crippen LogP contribution is 2.38. The molecule has 150 valence electrons. The number of nitrogens with one attached hydrogen (secondary N) is 1. The summed E-state index contributed by atoms with van der Waals surface area (Å²) in [7, 11) is -3.84. The van der Waals surface area contributed by atoms with Crippen LogP contribution < -0.4 is 5.32 Å². The lowest BCUT2D eigenvalue weighted by Crippen LogP contribution is -2.33. The first-order valence-electron chi connectivity index (χ1n) is 8.12. The van der Waals surface area contributed by atoms with Crippen LogP contribution in [0.2, 0.25) is 5.28 Å². The number of anilines is 1. The molecule has 0 aliphatic carbocycles. The first-order chi connectivity index (χ1) is 12.7. The van der Waals surface area contributed by atoms with Crippen LogP contribution in [0.25, 0.3) is 11.0 Å². The monoisotopic (exact) mass is 422 g/mol. The molecular formula is C14H20ClN4O7P. The van der Waals surface area contributed by atoms with E-state index < -0.39 is 32.1 Å². The summed E-state index contributed by atoms with van der Waals surface area (Å²) < 4.78 is 22.6. The van der Waals surface area contributed by atoms with Gasteiger partial charge >= 0.3 is 7.60 Å². The molecule has 1 saturated heterocycles. The molecule has 0 spiro atoms. The van der Waals surface area contributed by atoms with Crippen molar-refractivity contribution >= 4 is 36.0 Å². The van der Waals surface area contributed by atoms with Gasteiger partial charge in [0.15, 0.2) is 6.23 Å². The van der Waals surface area contributed by atoms with Crippen molar-refractivity contribution in [2.24, 2.45) is 0 Å². The molecule has 4 N–H and O–H groups in total. The molecule has 2 aromatic rings. The molecule has 5 atom stereocenters. The zero-order valence-corrected chi connectivity index (χ0v) is 16.2. The first kappa shape index (κ1) is 20.4. The molecular weight excluding hydrogens is 403 g/mol. The third-order valence-corrected chi connectivity index (χ3v) is 4.47. The number of ether oxygens (including phenoxy) is 1. The summed E-state index contributed by atoms with van der Waals surface area (Å²) in [5, 5.41) is 24.3. The predicted octanol–water partition coefficient (Wildman–Crippen LogP) is 0.899. The average Bonchev–Trinajstić information content (AvgIpc) is 3.10. The number of hydrogen-bond donors (Lipinski definition) is 4. The third-order valence-electron chi connectivity index (χ3n) is 3.92. The van der Waals surface area contributed by atoms with E-state index in [0.29, 0.717) is 23.4 Å². The average molecular weight is 423 g/mol. The van der Waals surface area contributed by atoms with Crippen molar-refractivity contribution in [3.63, 3.8) is 0 Å². The minimum Gasteiger partial charge on any atom is -0.387 e. The van der Waals surface area contributed by atoms with Gasteiger partial charge in [-0.1, -0.05) is 0 Å². The Bertz CT molecular complexity index is 859. The van der Waals surface area contributed by atoms with Gasteiger partial charge in [0.2, 0.25) is 5.28 Å². The zero-order valence-electron chi connectivity index (χ0n) is 14.5. The first-order valence-corrected chi connectivity index (χ1v) is 10.5. The van der Waals surface area contributed by atoms with Crippen LogP contribution in [0.5, 0.6) is 0 Å². The minimum absolute atomic E-state index is 0.0152. The van der Waals surface area contributed by atoms with Crippen LogP contribution in [0.4, 0.5) is 5.82 Å². The van der Waals surface area contributed by atoms with Crippen molar-refractivity contribution in [3.05, 3.63) is 17.5 Å². The lowest BCUT2D eigenvalue weighted by Gasteiger charge is -2.17. The van der Waals surface area contributed by atoms with Gasteiger partial charge in [0.1, 0.15) is 36.4 Å². The molecule has 1 aliphatic rings. The van der Waals surface area contributed by atoms with E-state index >= 15 is 0 Å². The van der Waals surface area contributed by atoms with Crippen molar-refractivity contribution in [2.75, 3.05) is 25.1 Å². The van der Waals surface area contributed by atoms with Gasteiger partial charge in [-0.25, -0.2) is 9.87 Å². The molecule has 1 fully saturated rings. The van der Waals surface area contributed by atoms with Gasteiger partial charge in [-0.15, -0.1) is 4.67 Å². The van der Waals surface area contributed by atoms with Crippen molar-refractivity contribution in [3.8, 4) is 0 Å². The Hall–Kier alpha value is -1.30. The van der Waals surface area contributed by atoms with Crippen LogP contribution in [0.1, 0.15) is 13.2 Å². The van der Waals surface area contributed by atoms with E-state index in [1.165, 1.54) is 4.57 Å². The molecule has 3 heterocycles. The highest BCUT2D eigenvalue weighted by molar-refractivity contribution is 7.51. The maximum atomic E-state index is 11.1. The van der Waals surface area contributed by atoms with Crippen LogP contribution in [-0.4, -0.2) is 67.8 Å². The van der Waals surface area contributed by atoms with Crippen molar-refractivity contribution in [2.45, 2.75) is 31.5 Å². The van der Waals surface area contributed by atoms with E-state index in [1.807, 2.05) is 6.92 Å². The summed E-state index contributed by atoms with van der Waals surface area (Å²) in [4.78, 5) is 22.0. The van der Waals surface area contributed by atoms with E-state index in [2.05, 4.69) is 24.8 Å². The lowest BCUT2D eigenvalue weighted by molar-refractivity contribution is -0.238. The van der Waals surface area contributed by atoms with Crippen molar-refractivity contribution in [1.29, 1.82) is 0 Å². The quantitative estimate of drug-likeness (QED) is 0.219. The Morgan fingerprint density at radius 3 is 2.81 bits per heavy atom. The van der Waals surface area contributed by atoms with Gasteiger partial charge in [-0.2, -0.15) is 4.98 Å². The zero-order chi connectivity index (χ0) is 19.8. The Morgan fingerprint density at radius 1 is 1.41 bits per heavy atom. The highest BCUT2D eigenvalue weighted by Gasteiger charge is 2.44. The number of aliphatic hydroxyl groups excluding tert-OH is 2. The molecule has 0 saturated carbocycles. The second-order valence-electron chi connectivity index (χ2n) is 6.04. The number of fused-ring (bicyclic) bond motifs is 1. The van der Waals surface area contributed by atoms with Gasteiger partial charge in [-0.3, -0.25) is 4.57 Å². The van der Waals surface area contributed by atoms with Gasteiger partial charge in [0.05, 0.1) is 5.39 Å². The van der Waals surface area contributed by atoms with Crippen LogP contribution >= 0.6 is 19.2 Å². The Balaban J connectivity index is 1.83. The number of halogens is 1. The van der Waals surface area contributed by atoms with E-state index in [0.717, 1.165) is 6.66 Å². The fraction of sp³-hybridized carbons (Fsp3) is 0.571. The topological polar surface area (TPSA) is 148 Å². The number of rotatable bonds is 7. The largest absolute Gasteiger partial charge is 0.387 e. The van der Waals surface area contributed by atoms with Crippen LogP contribution in [0.15, 0.2) is 12.3 Å². The Labute approximate surface area is 159 Å². The highest BCUT2D eigenvalue weighted by atomic mass is 35.5. The number of aromatic nitrogens is 3. The lowest BCUT2D eigenvalue weighted by atomic mass is 10.1. The summed E-state index contributed by atoms with van der Waals surface area (Å²) in [5.41, 5.74) is 0.411. The molecule has 3 rings (SSSR count). The standard InChI is InChI=1S/C14H20ClN4O7P/c1-3-16-11-7-4-5-19(12(7)18-14(15)17-11)13-10(21)9(20)8(25-13)6-24-26-27(2,22)23/h4-5,8-10,13,20-21H,3,6H2,1-2H3,(H,22,23)(H,16,17,18)/t8-,9-,10-,13-/m1/s1. The Kier molecular flexibility index (Phi) is 6.04. The van der Waals surface area contributed by atoms with Gasteiger partial charge in [0, 0.05) is 19.4 Å².